The number of nitrogens with zero attached hydrogens (tertiary/aromatic N) is 2. The second-order valence-corrected chi connectivity index (χ2v) is 8.36. The van der Waals surface area contributed by atoms with Crippen molar-refractivity contribution in [1.82, 2.24) is 14.5 Å². The van der Waals surface area contributed by atoms with Crippen molar-refractivity contribution in [2.45, 2.75) is 32.2 Å². The van der Waals surface area contributed by atoms with Crippen LogP contribution in [0.3, 0.4) is 0 Å². The predicted molar refractivity (Wildman–Crippen MR) is 120 cm³/mol. The van der Waals surface area contributed by atoms with Crippen molar-refractivity contribution in [1.29, 1.82) is 0 Å². The zero-order valence-corrected chi connectivity index (χ0v) is 17.6. The molecule has 3 heterocycles. The normalized spacial score (nSPS) is 16.0. The molecule has 0 unspecified atom stereocenters. The third-order valence-corrected chi connectivity index (χ3v) is 6.67. The number of halogens is 1. The Hall–Kier alpha value is -2.79. The molecular weight excluding hydrogens is 377 g/mol. The van der Waals surface area contributed by atoms with E-state index in [1.807, 2.05) is 24.3 Å². The van der Waals surface area contributed by atoms with Crippen LogP contribution in [-0.4, -0.2) is 41.2 Å². The van der Waals surface area contributed by atoms with Crippen LogP contribution < -0.4 is 4.74 Å². The van der Waals surface area contributed by atoms with Crippen LogP contribution in [0.2, 0.25) is 0 Å². The largest absolute Gasteiger partial charge is 0.497 e. The smallest absolute Gasteiger partial charge is 0.132 e. The maximum absolute atomic E-state index is 14.0. The Labute approximate surface area is 176 Å². The van der Waals surface area contributed by atoms with Crippen LogP contribution in [0.5, 0.6) is 5.75 Å². The minimum absolute atomic E-state index is 0.130. The topological polar surface area (TPSA) is 33.2 Å². The fourth-order valence-electron chi connectivity index (χ4n) is 4.97. The van der Waals surface area contributed by atoms with Crippen LogP contribution in [0.4, 0.5) is 4.39 Å². The SMILES string of the molecule is COc1ccc2[nH]c(C)c(CCN3CCC(n4ccc5c(F)cccc54)CC3)c2c1. The van der Waals surface area contributed by atoms with Gasteiger partial charge < -0.3 is 19.2 Å². The molecule has 2 aromatic carbocycles. The molecule has 2 aromatic heterocycles. The van der Waals surface area contributed by atoms with Gasteiger partial charge in [-0.25, -0.2) is 4.39 Å². The molecule has 0 amide bonds. The van der Waals surface area contributed by atoms with Crippen molar-refractivity contribution in [2.75, 3.05) is 26.7 Å². The van der Waals surface area contributed by atoms with Gasteiger partial charge in [-0.3, -0.25) is 0 Å². The lowest BCUT2D eigenvalue weighted by molar-refractivity contribution is 0.190. The molecule has 156 valence electrons. The number of piperidine rings is 1. The van der Waals surface area contributed by atoms with E-state index in [1.54, 1.807) is 7.11 Å². The molecule has 4 aromatic rings. The molecule has 4 nitrogen and oxygen atoms in total. The number of hydrogen-bond donors (Lipinski definition) is 1. The van der Waals surface area contributed by atoms with Gasteiger partial charge in [-0.2, -0.15) is 0 Å². The van der Waals surface area contributed by atoms with Gasteiger partial charge in [0.25, 0.3) is 0 Å². The van der Waals surface area contributed by atoms with E-state index in [0.29, 0.717) is 6.04 Å². The van der Waals surface area contributed by atoms with E-state index in [1.165, 1.54) is 28.2 Å². The second-order valence-electron chi connectivity index (χ2n) is 8.36. The molecule has 0 aliphatic carbocycles. The molecule has 1 aliphatic heterocycles. The summed E-state index contributed by atoms with van der Waals surface area (Å²) in [6, 6.07) is 14.0. The zero-order valence-electron chi connectivity index (χ0n) is 17.6. The number of nitrogens with one attached hydrogen (secondary N) is 1. The number of aromatic nitrogens is 2. The van der Waals surface area contributed by atoms with E-state index < -0.39 is 0 Å². The Morgan fingerprint density at radius 1 is 1.10 bits per heavy atom. The van der Waals surface area contributed by atoms with E-state index in [4.69, 9.17) is 4.74 Å². The van der Waals surface area contributed by atoms with Crippen LogP contribution >= 0.6 is 0 Å². The summed E-state index contributed by atoms with van der Waals surface area (Å²) in [6.45, 7) is 5.36. The van der Waals surface area contributed by atoms with Crippen LogP contribution in [0, 0.1) is 12.7 Å². The number of benzene rings is 2. The molecule has 1 fully saturated rings. The average molecular weight is 406 g/mol. The third kappa shape index (κ3) is 3.37. The molecular formula is C25H28FN3O. The van der Waals surface area contributed by atoms with E-state index in [-0.39, 0.29) is 5.82 Å². The number of aryl methyl sites for hydroxylation is 1. The fourth-order valence-corrected chi connectivity index (χ4v) is 4.97. The summed E-state index contributed by atoms with van der Waals surface area (Å²) in [4.78, 5) is 6.06. The first kappa shape index (κ1) is 19.2. The van der Waals surface area contributed by atoms with Gasteiger partial charge in [0.1, 0.15) is 11.6 Å². The van der Waals surface area contributed by atoms with E-state index >= 15 is 0 Å². The standard InChI is InChI=1S/C25H28FN3O/c1-17-20(22-16-19(30-2)6-7-24(22)27-17)10-14-28-12-8-18(9-13-28)29-15-11-21-23(26)4-3-5-25(21)29/h3-7,11,15-16,18,27H,8-10,12-14H2,1-2H3. The number of rotatable bonds is 5. The monoisotopic (exact) mass is 405 g/mol. The van der Waals surface area contributed by atoms with Crippen LogP contribution in [0.25, 0.3) is 21.8 Å². The summed E-state index contributed by atoms with van der Waals surface area (Å²) >= 11 is 0. The zero-order chi connectivity index (χ0) is 20.7. The maximum Gasteiger partial charge on any atom is 0.132 e. The molecule has 0 atom stereocenters. The quantitative estimate of drug-likeness (QED) is 0.478. The Morgan fingerprint density at radius 3 is 2.73 bits per heavy atom. The summed E-state index contributed by atoms with van der Waals surface area (Å²) in [5, 5.41) is 1.99. The lowest BCUT2D eigenvalue weighted by atomic mass is 10.0. The molecule has 5 rings (SSSR count). The number of H-pyrrole nitrogens is 1. The molecule has 0 saturated carbocycles. The Bertz CT molecular complexity index is 1180. The van der Waals surface area contributed by atoms with E-state index in [2.05, 4.69) is 39.7 Å². The molecule has 0 spiro atoms. The van der Waals surface area contributed by atoms with Crippen molar-refractivity contribution in [3.05, 3.63) is 65.7 Å². The maximum atomic E-state index is 14.0. The fraction of sp³-hybridized carbons (Fsp3) is 0.360. The van der Waals surface area contributed by atoms with Crippen molar-refractivity contribution in [3.63, 3.8) is 0 Å². The lowest BCUT2D eigenvalue weighted by Crippen LogP contribution is -2.35. The van der Waals surface area contributed by atoms with E-state index in [9.17, 15) is 4.39 Å². The summed E-state index contributed by atoms with van der Waals surface area (Å²) in [5.41, 5.74) is 4.82. The first-order valence-corrected chi connectivity index (χ1v) is 10.8. The highest BCUT2D eigenvalue weighted by Gasteiger charge is 2.22. The lowest BCUT2D eigenvalue weighted by Gasteiger charge is -2.33. The van der Waals surface area contributed by atoms with Crippen LogP contribution in [-0.2, 0) is 6.42 Å². The van der Waals surface area contributed by atoms with Gasteiger partial charge in [0, 0.05) is 53.9 Å². The Balaban J connectivity index is 1.25. The number of likely N-dealkylation sites (tertiary alicyclic amines) is 1. The highest BCUT2D eigenvalue weighted by molar-refractivity contribution is 5.86. The second kappa shape index (κ2) is 7.80. The van der Waals surface area contributed by atoms with Gasteiger partial charge >= 0.3 is 0 Å². The first-order chi connectivity index (χ1) is 14.6. The summed E-state index contributed by atoms with van der Waals surface area (Å²) in [7, 11) is 1.72. The third-order valence-electron chi connectivity index (χ3n) is 6.67. The Morgan fingerprint density at radius 2 is 1.93 bits per heavy atom. The summed E-state index contributed by atoms with van der Waals surface area (Å²) in [5.74, 6) is 0.772. The highest BCUT2D eigenvalue weighted by atomic mass is 19.1. The summed E-state index contributed by atoms with van der Waals surface area (Å²) in [6.07, 6.45) is 5.28. The number of methoxy groups -OCH3 is 1. The minimum Gasteiger partial charge on any atom is -0.497 e. The first-order valence-electron chi connectivity index (χ1n) is 10.8. The van der Waals surface area contributed by atoms with Crippen molar-refractivity contribution >= 4 is 21.8 Å². The molecule has 1 saturated heterocycles. The van der Waals surface area contributed by atoms with Gasteiger partial charge in [0.2, 0.25) is 0 Å². The number of ether oxygens (including phenoxy) is 1. The van der Waals surface area contributed by atoms with Crippen molar-refractivity contribution in [3.8, 4) is 5.75 Å². The van der Waals surface area contributed by atoms with E-state index in [0.717, 1.165) is 55.5 Å². The van der Waals surface area contributed by atoms with Crippen molar-refractivity contribution in [2.24, 2.45) is 0 Å². The molecule has 5 heteroatoms. The average Bonchev–Trinajstić information content (AvgIpc) is 3.33. The van der Waals surface area contributed by atoms with Gasteiger partial charge in [-0.05, 0) is 68.1 Å². The van der Waals surface area contributed by atoms with Crippen molar-refractivity contribution < 1.29 is 9.13 Å². The van der Waals surface area contributed by atoms with Gasteiger partial charge in [0.05, 0.1) is 12.6 Å². The number of hydrogen-bond acceptors (Lipinski definition) is 2. The van der Waals surface area contributed by atoms with Crippen LogP contribution in [0.1, 0.15) is 30.1 Å². The highest BCUT2D eigenvalue weighted by Crippen LogP contribution is 2.30. The Kier molecular flexibility index (Phi) is 4.99. The minimum atomic E-state index is -0.130. The van der Waals surface area contributed by atoms with Gasteiger partial charge in [-0.15, -0.1) is 0 Å². The predicted octanol–water partition coefficient (Wildman–Crippen LogP) is 5.46. The van der Waals surface area contributed by atoms with Crippen LogP contribution in [0.15, 0.2) is 48.7 Å². The molecule has 30 heavy (non-hydrogen) atoms. The van der Waals surface area contributed by atoms with Gasteiger partial charge in [-0.1, -0.05) is 6.07 Å². The molecule has 1 N–H and O–H groups in total. The summed E-state index contributed by atoms with van der Waals surface area (Å²) < 4.78 is 21.7. The number of fused-ring (bicyclic) bond motifs is 2. The van der Waals surface area contributed by atoms with Gasteiger partial charge in [0.15, 0.2) is 0 Å². The number of aromatic amines is 1. The molecule has 0 radical (unpaired) electrons. The molecule has 1 aliphatic rings. The molecule has 0 bridgehead atoms.